The average Bonchev–Trinajstić information content (AvgIpc) is 2.81. The molecule has 1 amide bonds. The summed E-state index contributed by atoms with van der Waals surface area (Å²) in [5, 5.41) is 14.9. The Hall–Kier alpha value is -3.72. The number of nitrogens with one attached hydrogen (secondary N) is 1. The predicted octanol–water partition coefficient (Wildman–Crippen LogP) is 5.64. The van der Waals surface area contributed by atoms with Crippen LogP contribution < -0.4 is 14.9 Å². The van der Waals surface area contributed by atoms with Crippen molar-refractivity contribution in [2.24, 2.45) is 5.10 Å². The van der Waals surface area contributed by atoms with Crippen molar-refractivity contribution in [3.05, 3.63) is 97.0 Å². The topological polar surface area (TPSA) is 103 Å². The number of amides is 1. The third-order valence-corrected chi connectivity index (χ3v) is 5.70. The van der Waals surface area contributed by atoms with Gasteiger partial charge < -0.3 is 9.47 Å². The maximum absolute atomic E-state index is 12.3. The molecule has 0 fully saturated rings. The van der Waals surface area contributed by atoms with Gasteiger partial charge in [0, 0.05) is 12.1 Å². The van der Waals surface area contributed by atoms with Crippen molar-refractivity contribution in [3.63, 3.8) is 0 Å². The van der Waals surface area contributed by atoms with E-state index in [1.165, 1.54) is 18.3 Å². The molecule has 3 aromatic carbocycles. The first kappa shape index (κ1) is 25.9. The fourth-order valence-corrected chi connectivity index (χ4v) is 3.94. The maximum atomic E-state index is 12.3. The first-order valence-corrected chi connectivity index (χ1v) is 11.8. The van der Waals surface area contributed by atoms with Crippen molar-refractivity contribution in [2.45, 2.75) is 33.8 Å². The number of rotatable bonds is 10. The van der Waals surface area contributed by atoms with Crippen molar-refractivity contribution in [2.75, 3.05) is 6.61 Å². The lowest BCUT2D eigenvalue weighted by atomic mass is 10.0. The fourth-order valence-electron chi connectivity index (χ4n) is 3.37. The van der Waals surface area contributed by atoms with Crippen molar-refractivity contribution in [1.29, 1.82) is 0 Å². The van der Waals surface area contributed by atoms with E-state index in [2.05, 4.69) is 26.5 Å². The monoisotopic (exact) mass is 539 g/mol. The molecule has 0 atom stereocenters. The third-order valence-electron chi connectivity index (χ3n) is 5.11. The SMILES string of the molecule is CCOc1cc(/C=N\NC(=O)Cc2ccc(C)cc2C)cc(Br)c1OCc1ccc([N+](=O)[O-])cc1. The summed E-state index contributed by atoms with van der Waals surface area (Å²) < 4.78 is 12.3. The predicted molar refractivity (Wildman–Crippen MR) is 138 cm³/mol. The highest BCUT2D eigenvalue weighted by molar-refractivity contribution is 9.10. The zero-order valence-corrected chi connectivity index (χ0v) is 21.3. The average molecular weight is 540 g/mol. The Morgan fingerprint density at radius 3 is 2.51 bits per heavy atom. The van der Waals surface area contributed by atoms with Crippen LogP contribution in [0.25, 0.3) is 0 Å². The molecule has 182 valence electrons. The zero-order chi connectivity index (χ0) is 25.4. The number of hydrogen-bond acceptors (Lipinski definition) is 6. The minimum atomic E-state index is -0.444. The first-order valence-electron chi connectivity index (χ1n) is 11.0. The number of halogens is 1. The van der Waals surface area contributed by atoms with Gasteiger partial charge in [-0.15, -0.1) is 0 Å². The number of carbonyl (C=O) groups is 1. The number of aryl methyl sites for hydroxylation is 2. The summed E-state index contributed by atoms with van der Waals surface area (Å²) in [5.74, 6) is 0.799. The number of hydrazone groups is 1. The van der Waals surface area contributed by atoms with Crippen LogP contribution in [0, 0.1) is 24.0 Å². The smallest absolute Gasteiger partial charge is 0.269 e. The number of benzene rings is 3. The number of hydrogen-bond donors (Lipinski definition) is 1. The van der Waals surface area contributed by atoms with Crippen molar-refractivity contribution < 1.29 is 19.2 Å². The summed E-state index contributed by atoms with van der Waals surface area (Å²) in [5.41, 5.74) is 7.25. The molecule has 3 rings (SSSR count). The first-order chi connectivity index (χ1) is 16.8. The van der Waals surface area contributed by atoms with Gasteiger partial charge in [0.2, 0.25) is 5.91 Å². The molecule has 0 bridgehead atoms. The van der Waals surface area contributed by atoms with Gasteiger partial charge in [-0.2, -0.15) is 5.10 Å². The van der Waals surface area contributed by atoms with Crippen LogP contribution in [0.2, 0.25) is 0 Å². The molecule has 0 radical (unpaired) electrons. The number of nitro groups is 1. The summed E-state index contributed by atoms with van der Waals surface area (Å²) in [7, 11) is 0. The Bertz CT molecular complexity index is 1240. The second-order valence-electron chi connectivity index (χ2n) is 7.88. The van der Waals surface area contributed by atoms with Gasteiger partial charge >= 0.3 is 0 Å². The van der Waals surface area contributed by atoms with Gasteiger partial charge in [0.15, 0.2) is 11.5 Å². The highest BCUT2D eigenvalue weighted by atomic mass is 79.9. The van der Waals surface area contributed by atoms with Gasteiger partial charge in [-0.1, -0.05) is 23.8 Å². The van der Waals surface area contributed by atoms with Crippen molar-refractivity contribution in [3.8, 4) is 11.5 Å². The number of nitrogens with zero attached hydrogens (tertiary/aromatic N) is 2. The molecule has 0 aliphatic heterocycles. The fraction of sp³-hybridized carbons (Fsp3) is 0.231. The number of non-ortho nitro benzene ring substituents is 1. The molecular weight excluding hydrogens is 514 g/mol. The summed E-state index contributed by atoms with van der Waals surface area (Å²) in [6.07, 6.45) is 1.78. The van der Waals surface area contributed by atoms with Crippen molar-refractivity contribution >= 4 is 33.7 Å². The molecule has 8 nitrogen and oxygen atoms in total. The van der Waals surface area contributed by atoms with E-state index in [1.807, 2.05) is 39.0 Å². The van der Waals surface area contributed by atoms with E-state index < -0.39 is 4.92 Å². The van der Waals surface area contributed by atoms with E-state index in [-0.39, 0.29) is 24.6 Å². The lowest BCUT2D eigenvalue weighted by Gasteiger charge is -2.14. The molecular formula is C26H26BrN3O5. The van der Waals surface area contributed by atoms with Gasteiger partial charge in [-0.05, 0) is 83.2 Å². The molecule has 0 aliphatic rings. The van der Waals surface area contributed by atoms with E-state index in [1.54, 1.807) is 24.3 Å². The van der Waals surface area contributed by atoms with Crippen LogP contribution in [0.4, 0.5) is 5.69 Å². The second kappa shape index (κ2) is 12.1. The van der Waals surface area contributed by atoms with Crippen LogP contribution >= 0.6 is 15.9 Å². The van der Waals surface area contributed by atoms with Gasteiger partial charge in [-0.3, -0.25) is 14.9 Å². The highest BCUT2D eigenvalue weighted by Crippen LogP contribution is 2.37. The van der Waals surface area contributed by atoms with Crippen LogP contribution in [-0.4, -0.2) is 23.7 Å². The van der Waals surface area contributed by atoms with Gasteiger partial charge in [0.05, 0.1) is 28.6 Å². The third kappa shape index (κ3) is 7.38. The minimum Gasteiger partial charge on any atom is -0.490 e. The Labute approximate surface area is 212 Å². The van der Waals surface area contributed by atoms with Crippen LogP contribution in [-0.2, 0) is 17.8 Å². The molecule has 0 spiro atoms. The Balaban J connectivity index is 1.66. The molecule has 0 aliphatic carbocycles. The van der Waals surface area contributed by atoms with Crippen LogP contribution in [0.3, 0.4) is 0 Å². The molecule has 1 N–H and O–H groups in total. The second-order valence-corrected chi connectivity index (χ2v) is 8.73. The number of nitro benzene ring substituents is 1. The summed E-state index contributed by atoms with van der Waals surface area (Å²) >= 11 is 3.51. The molecule has 0 saturated carbocycles. The molecule has 0 unspecified atom stereocenters. The molecule has 3 aromatic rings. The van der Waals surface area contributed by atoms with Gasteiger partial charge in [0.1, 0.15) is 6.61 Å². The highest BCUT2D eigenvalue weighted by Gasteiger charge is 2.13. The Morgan fingerprint density at radius 2 is 1.86 bits per heavy atom. The van der Waals surface area contributed by atoms with Gasteiger partial charge in [0.25, 0.3) is 5.69 Å². The Kier molecular flexibility index (Phi) is 8.97. The van der Waals surface area contributed by atoms with Gasteiger partial charge in [-0.25, -0.2) is 5.43 Å². The summed E-state index contributed by atoms with van der Waals surface area (Å²) in [6, 6.07) is 15.7. The normalized spacial score (nSPS) is 10.9. The lowest BCUT2D eigenvalue weighted by molar-refractivity contribution is -0.384. The largest absolute Gasteiger partial charge is 0.490 e. The summed E-state index contributed by atoms with van der Waals surface area (Å²) in [4.78, 5) is 22.7. The summed E-state index contributed by atoms with van der Waals surface area (Å²) in [6.45, 7) is 6.49. The Morgan fingerprint density at radius 1 is 1.11 bits per heavy atom. The van der Waals surface area contributed by atoms with E-state index in [4.69, 9.17) is 9.47 Å². The van der Waals surface area contributed by atoms with E-state index in [0.717, 1.165) is 22.3 Å². The quantitative estimate of drug-likeness (QED) is 0.204. The van der Waals surface area contributed by atoms with Crippen LogP contribution in [0.1, 0.15) is 34.7 Å². The van der Waals surface area contributed by atoms with Crippen molar-refractivity contribution in [1.82, 2.24) is 5.43 Å². The number of ether oxygens (including phenoxy) is 2. The maximum Gasteiger partial charge on any atom is 0.269 e. The minimum absolute atomic E-state index is 0.0228. The molecule has 0 heterocycles. The molecule has 0 aromatic heterocycles. The molecule has 35 heavy (non-hydrogen) atoms. The number of carbonyl (C=O) groups excluding carboxylic acids is 1. The molecule has 0 saturated heterocycles. The zero-order valence-electron chi connectivity index (χ0n) is 19.7. The lowest BCUT2D eigenvalue weighted by Crippen LogP contribution is -2.20. The van der Waals surface area contributed by atoms with Crippen LogP contribution in [0.5, 0.6) is 11.5 Å². The van der Waals surface area contributed by atoms with E-state index in [0.29, 0.717) is 28.1 Å². The standard InChI is InChI=1S/C26H26BrN3O5/c1-4-34-24-13-20(15-28-29-25(31)14-21-8-5-17(2)11-18(21)3)12-23(27)26(24)35-16-19-6-9-22(10-7-19)30(32)33/h5-13,15H,4,14,16H2,1-3H3,(H,29,31)/b28-15-. The van der Waals surface area contributed by atoms with Crippen LogP contribution in [0.15, 0.2) is 64.2 Å². The van der Waals surface area contributed by atoms with E-state index in [9.17, 15) is 14.9 Å². The van der Waals surface area contributed by atoms with E-state index >= 15 is 0 Å². The molecule has 9 heteroatoms.